The van der Waals surface area contributed by atoms with E-state index in [1.807, 2.05) is 37.4 Å². The van der Waals surface area contributed by atoms with Crippen LogP contribution >= 0.6 is 0 Å². The topological polar surface area (TPSA) is 38.3 Å². The number of benzene rings is 1. The average molecular weight is 231 g/mol. The van der Waals surface area contributed by atoms with E-state index in [1.54, 1.807) is 0 Å². The Balaban J connectivity index is 1.97. The molecular weight excluding hydrogens is 214 g/mol. The lowest BCUT2D eigenvalue weighted by Crippen LogP contribution is -1.97. The van der Waals surface area contributed by atoms with Crippen LogP contribution in [0.15, 0.2) is 36.0 Å². The third-order valence-corrected chi connectivity index (χ3v) is 2.79. The molecule has 1 saturated carbocycles. The van der Waals surface area contributed by atoms with Crippen LogP contribution in [0.3, 0.4) is 0 Å². The Morgan fingerprint density at radius 3 is 2.65 bits per heavy atom. The first-order valence-corrected chi connectivity index (χ1v) is 6.01. The molecule has 0 spiro atoms. The van der Waals surface area contributed by atoms with Gasteiger partial charge in [-0.3, -0.25) is 4.79 Å². The zero-order valence-corrected chi connectivity index (χ0v) is 10.0. The molecule has 1 fully saturated rings. The molecule has 0 aliphatic heterocycles. The van der Waals surface area contributed by atoms with Crippen LogP contribution in [-0.2, 0) is 4.79 Å². The highest BCUT2D eigenvalue weighted by atomic mass is 16.5. The van der Waals surface area contributed by atoms with E-state index in [4.69, 9.17) is 4.74 Å². The van der Waals surface area contributed by atoms with Crippen molar-refractivity contribution in [3.05, 3.63) is 36.0 Å². The van der Waals surface area contributed by atoms with Crippen LogP contribution in [0.2, 0.25) is 0 Å². The predicted molar refractivity (Wildman–Crippen MR) is 68.2 cm³/mol. The first-order valence-electron chi connectivity index (χ1n) is 6.01. The Morgan fingerprint density at radius 2 is 2.06 bits per heavy atom. The fourth-order valence-corrected chi connectivity index (χ4v) is 1.88. The Bertz CT molecular complexity index is 420. The highest BCUT2D eigenvalue weighted by molar-refractivity contribution is 5.97. The maximum atomic E-state index is 11.4. The Hall–Kier alpha value is -1.77. The lowest BCUT2D eigenvalue weighted by atomic mass is 10.2. The summed E-state index contributed by atoms with van der Waals surface area (Å²) in [6, 6.07) is 7.73. The molecule has 0 atom stereocenters. The molecule has 17 heavy (non-hydrogen) atoms. The first kappa shape index (κ1) is 11.7. The van der Waals surface area contributed by atoms with Crippen molar-refractivity contribution in [1.82, 2.24) is 0 Å². The van der Waals surface area contributed by atoms with Gasteiger partial charge in [-0.2, -0.15) is 0 Å². The largest absolute Gasteiger partial charge is 0.494 e. The summed E-state index contributed by atoms with van der Waals surface area (Å²) in [5, 5.41) is 3.15. The van der Waals surface area contributed by atoms with Gasteiger partial charge in [0.15, 0.2) is 5.78 Å². The number of nitrogens with one attached hydrogen (secondary N) is 1. The summed E-state index contributed by atoms with van der Waals surface area (Å²) >= 11 is 0. The van der Waals surface area contributed by atoms with E-state index in [9.17, 15) is 4.79 Å². The summed E-state index contributed by atoms with van der Waals surface area (Å²) < 4.78 is 5.36. The van der Waals surface area contributed by atoms with E-state index in [0.29, 0.717) is 13.0 Å². The molecule has 1 aliphatic carbocycles. The van der Waals surface area contributed by atoms with Crippen molar-refractivity contribution < 1.29 is 9.53 Å². The molecule has 0 radical (unpaired) electrons. The van der Waals surface area contributed by atoms with Crippen molar-refractivity contribution >= 4 is 11.5 Å². The second-order valence-corrected chi connectivity index (χ2v) is 4.05. The van der Waals surface area contributed by atoms with E-state index in [0.717, 1.165) is 29.9 Å². The number of ketones is 1. The highest BCUT2D eigenvalue weighted by Crippen LogP contribution is 2.21. The molecule has 1 aromatic carbocycles. The number of Topliss-reactive ketones (excluding diaryl/α,β-unsaturated/α-hetero) is 1. The third kappa shape index (κ3) is 3.09. The Kier molecular flexibility index (Phi) is 3.81. The maximum Gasteiger partial charge on any atom is 0.160 e. The molecule has 0 bridgehead atoms. The second kappa shape index (κ2) is 5.53. The summed E-state index contributed by atoms with van der Waals surface area (Å²) in [6.07, 6.45) is 4.39. The molecule has 0 amide bonds. The molecule has 1 aliphatic rings. The number of hydrogen-bond donors (Lipinski definition) is 1. The smallest absolute Gasteiger partial charge is 0.160 e. The quantitative estimate of drug-likeness (QED) is 0.809. The third-order valence-electron chi connectivity index (χ3n) is 2.79. The van der Waals surface area contributed by atoms with Gasteiger partial charge in [-0.05, 0) is 44.0 Å². The fourth-order valence-electron chi connectivity index (χ4n) is 1.88. The van der Waals surface area contributed by atoms with E-state index in [-0.39, 0.29) is 5.78 Å². The van der Waals surface area contributed by atoms with Gasteiger partial charge in [-0.25, -0.2) is 0 Å². The summed E-state index contributed by atoms with van der Waals surface area (Å²) in [5.74, 6) is 1.13. The predicted octanol–water partition coefficient (Wildman–Crippen LogP) is 3.13. The molecule has 2 rings (SSSR count). The molecule has 0 saturated heterocycles. The molecule has 1 aromatic rings. The van der Waals surface area contributed by atoms with Crippen molar-refractivity contribution in [2.75, 3.05) is 11.9 Å². The zero-order valence-electron chi connectivity index (χ0n) is 10.0. The molecular formula is C14H17NO2. The van der Waals surface area contributed by atoms with Crippen molar-refractivity contribution in [1.29, 1.82) is 0 Å². The standard InChI is InChI=1S/C14H17NO2/c1-2-17-13-8-6-12(7-9-13)15-10-11-4-3-5-14(11)16/h6-10,15H,2-5H2,1H3/b11-10-. The highest BCUT2D eigenvalue weighted by Gasteiger charge is 2.16. The van der Waals surface area contributed by atoms with E-state index >= 15 is 0 Å². The summed E-state index contributed by atoms with van der Waals surface area (Å²) in [5.41, 5.74) is 1.87. The Labute approximate surface area is 101 Å². The molecule has 90 valence electrons. The number of hydrogen-bond acceptors (Lipinski definition) is 3. The van der Waals surface area contributed by atoms with Crippen LogP contribution in [-0.4, -0.2) is 12.4 Å². The van der Waals surface area contributed by atoms with Gasteiger partial charge >= 0.3 is 0 Å². The minimum Gasteiger partial charge on any atom is -0.494 e. The van der Waals surface area contributed by atoms with Crippen molar-refractivity contribution in [2.45, 2.75) is 26.2 Å². The van der Waals surface area contributed by atoms with E-state index in [1.165, 1.54) is 0 Å². The molecule has 0 unspecified atom stereocenters. The number of carbonyl (C=O) groups is 1. The van der Waals surface area contributed by atoms with Crippen LogP contribution in [0, 0.1) is 0 Å². The number of allylic oxidation sites excluding steroid dienone is 1. The van der Waals surface area contributed by atoms with Gasteiger partial charge in [-0.15, -0.1) is 0 Å². The van der Waals surface area contributed by atoms with Crippen LogP contribution < -0.4 is 10.1 Å². The van der Waals surface area contributed by atoms with Crippen molar-refractivity contribution in [3.63, 3.8) is 0 Å². The van der Waals surface area contributed by atoms with Gasteiger partial charge in [-0.1, -0.05) is 0 Å². The van der Waals surface area contributed by atoms with Gasteiger partial charge in [0.2, 0.25) is 0 Å². The molecule has 0 heterocycles. The molecule has 3 nitrogen and oxygen atoms in total. The second-order valence-electron chi connectivity index (χ2n) is 4.05. The summed E-state index contributed by atoms with van der Waals surface area (Å²) in [4.78, 5) is 11.4. The normalized spacial score (nSPS) is 17.5. The molecule has 1 N–H and O–H groups in total. The number of rotatable bonds is 4. The average Bonchev–Trinajstić information content (AvgIpc) is 2.75. The molecule has 0 aromatic heterocycles. The first-order chi connectivity index (χ1) is 8.29. The fraction of sp³-hybridized carbons (Fsp3) is 0.357. The maximum absolute atomic E-state index is 11.4. The summed E-state index contributed by atoms with van der Waals surface area (Å²) in [7, 11) is 0. The zero-order chi connectivity index (χ0) is 12.1. The van der Waals surface area contributed by atoms with E-state index < -0.39 is 0 Å². The summed E-state index contributed by atoms with van der Waals surface area (Å²) in [6.45, 7) is 2.63. The monoisotopic (exact) mass is 231 g/mol. The minimum atomic E-state index is 0.267. The van der Waals surface area contributed by atoms with Gasteiger partial charge in [0.1, 0.15) is 5.75 Å². The number of anilines is 1. The van der Waals surface area contributed by atoms with Gasteiger partial charge in [0, 0.05) is 23.9 Å². The van der Waals surface area contributed by atoms with Crippen LogP contribution in [0.1, 0.15) is 26.2 Å². The van der Waals surface area contributed by atoms with E-state index in [2.05, 4.69) is 5.32 Å². The van der Waals surface area contributed by atoms with Gasteiger partial charge in [0.25, 0.3) is 0 Å². The van der Waals surface area contributed by atoms with Crippen LogP contribution in [0.25, 0.3) is 0 Å². The van der Waals surface area contributed by atoms with Gasteiger partial charge < -0.3 is 10.1 Å². The lowest BCUT2D eigenvalue weighted by Gasteiger charge is -2.05. The number of ether oxygens (including phenoxy) is 1. The van der Waals surface area contributed by atoms with Crippen molar-refractivity contribution in [3.8, 4) is 5.75 Å². The minimum absolute atomic E-state index is 0.267. The number of carbonyl (C=O) groups excluding carboxylic acids is 1. The Morgan fingerprint density at radius 1 is 1.29 bits per heavy atom. The lowest BCUT2D eigenvalue weighted by molar-refractivity contribution is -0.114. The van der Waals surface area contributed by atoms with Gasteiger partial charge in [0.05, 0.1) is 6.61 Å². The van der Waals surface area contributed by atoms with Crippen LogP contribution in [0.4, 0.5) is 5.69 Å². The molecule has 3 heteroatoms. The van der Waals surface area contributed by atoms with Crippen LogP contribution in [0.5, 0.6) is 5.75 Å². The van der Waals surface area contributed by atoms with Crippen molar-refractivity contribution in [2.24, 2.45) is 0 Å². The SMILES string of the molecule is CCOc1ccc(N/C=C2/CCCC2=O)cc1.